The molecular weight excluding hydrogens is 355 g/mol. The van der Waals surface area contributed by atoms with Crippen molar-refractivity contribution in [3.05, 3.63) is 34.9 Å². The van der Waals surface area contributed by atoms with Crippen LogP contribution in [0.5, 0.6) is 0 Å². The van der Waals surface area contributed by atoms with E-state index in [2.05, 4.69) is 19.2 Å². The number of ketones is 1. The average Bonchev–Trinajstić information content (AvgIpc) is 2.50. The summed E-state index contributed by atoms with van der Waals surface area (Å²) in [6, 6.07) is 7.33. The molecule has 0 bridgehead atoms. The minimum Gasteiger partial charge on any atom is -0.336 e. The highest BCUT2D eigenvalue weighted by molar-refractivity contribution is 8.00. The number of nitrogens with one attached hydrogen (secondary N) is 1. The Morgan fingerprint density at radius 3 is 2.57 bits per heavy atom. The predicted octanol–water partition coefficient (Wildman–Crippen LogP) is 2.89. The van der Waals surface area contributed by atoms with Crippen molar-refractivity contribution in [1.82, 2.24) is 10.2 Å². The van der Waals surface area contributed by atoms with Crippen LogP contribution in [-0.4, -0.2) is 53.3 Å². The van der Waals surface area contributed by atoms with Crippen molar-refractivity contribution in [2.75, 3.05) is 24.6 Å². The van der Waals surface area contributed by atoms with Crippen LogP contribution in [0.4, 0.5) is 0 Å². The summed E-state index contributed by atoms with van der Waals surface area (Å²) in [5.74, 6) is 0.783. The third-order valence-corrected chi connectivity index (χ3v) is 5.15. The third kappa shape index (κ3) is 5.68. The van der Waals surface area contributed by atoms with E-state index in [1.807, 2.05) is 4.90 Å². The lowest BCUT2D eigenvalue weighted by Gasteiger charge is -2.38. The maximum Gasteiger partial charge on any atom is 0.232 e. The molecular formula is C16H22Cl2N2O2S. The standard InChI is InChI=1S/C16H21ClN2O2S.ClH/c1-11-12(2)19(8-7-18-11)16(21)10-22-9-15(20)13-3-5-14(17)6-4-13;/h3-6,11-12,18H,7-10H2,1-2H3;1H. The molecule has 1 aromatic carbocycles. The molecule has 128 valence electrons. The Hall–Kier alpha value is -0.750. The number of amides is 1. The molecule has 1 heterocycles. The van der Waals surface area contributed by atoms with E-state index in [0.29, 0.717) is 28.1 Å². The summed E-state index contributed by atoms with van der Waals surface area (Å²) < 4.78 is 0. The fraction of sp³-hybridized carbons (Fsp3) is 0.500. The molecule has 0 saturated carbocycles. The van der Waals surface area contributed by atoms with Crippen LogP contribution in [-0.2, 0) is 4.79 Å². The molecule has 2 unspecified atom stereocenters. The van der Waals surface area contributed by atoms with Gasteiger partial charge < -0.3 is 10.2 Å². The molecule has 2 atom stereocenters. The molecule has 1 amide bonds. The van der Waals surface area contributed by atoms with Crippen LogP contribution in [0.1, 0.15) is 24.2 Å². The summed E-state index contributed by atoms with van der Waals surface area (Å²) in [4.78, 5) is 26.2. The van der Waals surface area contributed by atoms with Crippen molar-refractivity contribution in [3.8, 4) is 0 Å². The van der Waals surface area contributed by atoms with Crippen molar-refractivity contribution < 1.29 is 9.59 Å². The van der Waals surface area contributed by atoms with Crippen LogP contribution in [0, 0.1) is 0 Å². The zero-order chi connectivity index (χ0) is 16.1. The topological polar surface area (TPSA) is 49.4 Å². The zero-order valence-corrected chi connectivity index (χ0v) is 15.6. The van der Waals surface area contributed by atoms with Crippen molar-refractivity contribution in [1.29, 1.82) is 0 Å². The lowest BCUT2D eigenvalue weighted by atomic mass is 10.1. The smallest absolute Gasteiger partial charge is 0.232 e. The van der Waals surface area contributed by atoms with Gasteiger partial charge in [-0.1, -0.05) is 11.6 Å². The van der Waals surface area contributed by atoms with Gasteiger partial charge in [0, 0.05) is 35.8 Å². The molecule has 0 aliphatic carbocycles. The SMILES string of the molecule is CC1NCCN(C(=O)CSCC(=O)c2ccc(Cl)cc2)C1C.Cl. The number of carbonyl (C=O) groups is 2. The van der Waals surface area contributed by atoms with Gasteiger partial charge in [0.05, 0.1) is 11.5 Å². The first-order valence-electron chi connectivity index (χ1n) is 7.38. The lowest BCUT2D eigenvalue weighted by molar-refractivity contribution is -0.131. The van der Waals surface area contributed by atoms with Gasteiger partial charge in [-0.15, -0.1) is 24.2 Å². The largest absolute Gasteiger partial charge is 0.336 e. The monoisotopic (exact) mass is 376 g/mol. The van der Waals surface area contributed by atoms with Gasteiger partial charge in [0.25, 0.3) is 0 Å². The zero-order valence-electron chi connectivity index (χ0n) is 13.3. The molecule has 2 rings (SSSR count). The van der Waals surface area contributed by atoms with E-state index in [0.717, 1.165) is 13.1 Å². The molecule has 1 aromatic rings. The van der Waals surface area contributed by atoms with Crippen molar-refractivity contribution in [2.45, 2.75) is 25.9 Å². The van der Waals surface area contributed by atoms with Gasteiger partial charge in [0.2, 0.25) is 5.91 Å². The van der Waals surface area contributed by atoms with Gasteiger partial charge in [-0.3, -0.25) is 9.59 Å². The number of hydrogen-bond acceptors (Lipinski definition) is 4. The van der Waals surface area contributed by atoms with E-state index in [9.17, 15) is 9.59 Å². The highest BCUT2D eigenvalue weighted by Gasteiger charge is 2.27. The van der Waals surface area contributed by atoms with Crippen LogP contribution < -0.4 is 5.32 Å². The quantitative estimate of drug-likeness (QED) is 0.802. The Kier molecular flexibility index (Phi) is 8.40. The molecule has 7 heteroatoms. The summed E-state index contributed by atoms with van der Waals surface area (Å²) in [6.07, 6.45) is 0. The third-order valence-electron chi connectivity index (χ3n) is 3.98. The maximum atomic E-state index is 12.3. The summed E-state index contributed by atoms with van der Waals surface area (Å²) in [7, 11) is 0. The number of rotatable bonds is 5. The second-order valence-corrected chi connectivity index (χ2v) is 6.92. The number of carbonyl (C=O) groups excluding carboxylic acids is 2. The summed E-state index contributed by atoms with van der Waals surface area (Å²) in [5, 5.41) is 3.96. The summed E-state index contributed by atoms with van der Waals surface area (Å²) in [5.41, 5.74) is 0.633. The first kappa shape index (κ1) is 20.3. The van der Waals surface area contributed by atoms with Gasteiger partial charge in [-0.2, -0.15) is 0 Å². The molecule has 1 N–H and O–H groups in total. The number of halogens is 2. The van der Waals surface area contributed by atoms with Crippen molar-refractivity contribution in [2.24, 2.45) is 0 Å². The summed E-state index contributed by atoms with van der Waals surface area (Å²) >= 11 is 7.17. The molecule has 1 fully saturated rings. The second-order valence-electron chi connectivity index (χ2n) is 5.49. The molecule has 0 spiro atoms. The number of piperazine rings is 1. The minimum atomic E-state index is 0. The Bertz CT molecular complexity index is 539. The van der Waals surface area contributed by atoms with Crippen LogP contribution in [0.15, 0.2) is 24.3 Å². The highest BCUT2D eigenvalue weighted by atomic mass is 35.5. The Labute approximate surface area is 152 Å². The Balaban J connectivity index is 0.00000264. The van der Waals surface area contributed by atoms with Gasteiger partial charge in [0.1, 0.15) is 0 Å². The minimum absolute atomic E-state index is 0. The number of Topliss-reactive ketones (excluding diaryl/α,β-unsaturated/α-hetero) is 1. The van der Waals surface area contributed by atoms with Crippen LogP contribution in [0.3, 0.4) is 0 Å². The molecule has 1 saturated heterocycles. The Morgan fingerprint density at radius 1 is 1.26 bits per heavy atom. The van der Waals surface area contributed by atoms with Gasteiger partial charge in [0.15, 0.2) is 5.78 Å². The van der Waals surface area contributed by atoms with Crippen LogP contribution >= 0.6 is 35.8 Å². The molecule has 23 heavy (non-hydrogen) atoms. The fourth-order valence-corrected chi connectivity index (χ4v) is 3.36. The average molecular weight is 377 g/mol. The molecule has 0 aromatic heterocycles. The van der Waals surface area contributed by atoms with Crippen molar-refractivity contribution >= 4 is 47.5 Å². The Morgan fingerprint density at radius 2 is 1.91 bits per heavy atom. The number of hydrogen-bond donors (Lipinski definition) is 1. The maximum absolute atomic E-state index is 12.3. The fourth-order valence-electron chi connectivity index (χ4n) is 2.44. The van der Waals surface area contributed by atoms with Gasteiger partial charge in [-0.25, -0.2) is 0 Å². The lowest BCUT2D eigenvalue weighted by Crippen LogP contribution is -2.57. The molecule has 1 aliphatic rings. The molecule has 4 nitrogen and oxygen atoms in total. The first-order valence-corrected chi connectivity index (χ1v) is 8.91. The van der Waals surface area contributed by atoms with E-state index in [1.165, 1.54) is 11.8 Å². The van der Waals surface area contributed by atoms with Crippen molar-refractivity contribution in [3.63, 3.8) is 0 Å². The second kappa shape index (κ2) is 9.52. The van der Waals surface area contributed by atoms with E-state index < -0.39 is 0 Å². The van der Waals surface area contributed by atoms with E-state index in [1.54, 1.807) is 24.3 Å². The number of benzene rings is 1. The van der Waals surface area contributed by atoms with E-state index in [-0.39, 0.29) is 30.1 Å². The number of nitrogens with zero attached hydrogens (tertiary/aromatic N) is 1. The molecule has 1 aliphatic heterocycles. The summed E-state index contributed by atoms with van der Waals surface area (Å²) in [6.45, 7) is 5.70. The predicted molar refractivity (Wildman–Crippen MR) is 99.0 cm³/mol. The van der Waals surface area contributed by atoms with Gasteiger partial charge >= 0.3 is 0 Å². The molecule has 0 radical (unpaired) electrons. The number of thioether (sulfide) groups is 1. The highest BCUT2D eigenvalue weighted by Crippen LogP contribution is 2.15. The van der Waals surface area contributed by atoms with Crippen LogP contribution in [0.25, 0.3) is 0 Å². The van der Waals surface area contributed by atoms with E-state index in [4.69, 9.17) is 11.6 Å². The van der Waals surface area contributed by atoms with Crippen LogP contribution in [0.2, 0.25) is 5.02 Å². The normalized spacial score (nSPS) is 20.7. The van der Waals surface area contributed by atoms with Gasteiger partial charge in [-0.05, 0) is 38.1 Å². The first-order chi connectivity index (χ1) is 10.5. The van der Waals surface area contributed by atoms with E-state index >= 15 is 0 Å².